The van der Waals surface area contributed by atoms with E-state index in [1.165, 1.54) is 0 Å². The summed E-state index contributed by atoms with van der Waals surface area (Å²) < 4.78 is 38.5. The van der Waals surface area contributed by atoms with Gasteiger partial charge in [0, 0.05) is 6.20 Å². The van der Waals surface area contributed by atoms with Gasteiger partial charge >= 0.3 is 12.1 Å². The van der Waals surface area contributed by atoms with E-state index in [-0.39, 0.29) is 17.7 Å². The van der Waals surface area contributed by atoms with Gasteiger partial charge in [0.25, 0.3) is 0 Å². The Morgan fingerprint density at radius 1 is 1.50 bits per heavy atom. The second kappa shape index (κ2) is 3.93. The van der Waals surface area contributed by atoms with E-state index in [2.05, 4.69) is 15.3 Å². The number of aryl methyl sites for hydroxylation is 1. The number of fused-ring (bicyclic) bond motifs is 1. The van der Waals surface area contributed by atoms with E-state index in [9.17, 15) is 18.0 Å². The molecule has 0 aliphatic heterocycles. The fraction of sp³-hybridized carbons (Fsp3) is 0.333. The minimum atomic E-state index is -4.68. The fourth-order valence-corrected chi connectivity index (χ4v) is 1.59. The molecule has 6 nitrogen and oxygen atoms in total. The molecule has 0 spiro atoms. The summed E-state index contributed by atoms with van der Waals surface area (Å²) in [5.74, 6) is -1.27. The van der Waals surface area contributed by atoms with Gasteiger partial charge in [-0.2, -0.15) is 17.7 Å². The second-order valence-corrected chi connectivity index (χ2v) is 3.45. The number of carbonyl (C=O) groups is 1. The monoisotopic (exact) mass is 260 g/mol. The number of aromatic carboxylic acids is 1. The predicted molar refractivity (Wildman–Crippen MR) is 52.1 cm³/mol. The van der Waals surface area contributed by atoms with Crippen molar-refractivity contribution < 1.29 is 23.1 Å². The first-order valence-electron chi connectivity index (χ1n) is 4.90. The largest absolute Gasteiger partial charge is 0.478 e. The first-order chi connectivity index (χ1) is 8.36. The van der Waals surface area contributed by atoms with Crippen molar-refractivity contribution in [1.82, 2.24) is 19.8 Å². The maximum atomic E-state index is 12.6. The van der Waals surface area contributed by atoms with Crippen LogP contribution in [0.1, 0.15) is 28.7 Å². The number of carboxylic acid groups (broad SMARTS) is 1. The Labute approximate surface area is 98.1 Å². The van der Waals surface area contributed by atoms with Crippen LogP contribution in [0.3, 0.4) is 0 Å². The van der Waals surface area contributed by atoms with E-state index in [1.807, 2.05) is 0 Å². The number of hydrogen-bond acceptors (Lipinski definition) is 4. The van der Waals surface area contributed by atoms with Crippen molar-refractivity contribution in [2.24, 2.45) is 0 Å². The number of rotatable bonds is 2. The Morgan fingerprint density at radius 2 is 2.17 bits per heavy atom. The molecule has 0 fully saturated rings. The molecule has 0 radical (unpaired) electrons. The van der Waals surface area contributed by atoms with Crippen molar-refractivity contribution in [2.45, 2.75) is 19.5 Å². The Balaban J connectivity index is 2.77. The summed E-state index contributed by atoms with van der Waals surface area (Å²) in [4.78, 5) is 14.4. The van der Waals surface area contributed by atoms with Crippen LogP contribution in [0, 0.1) is 0 Å². The number of halogens is 3. The van der Waals surface area contributed by atoms with Crippen LogP contribution >= 0.6 is 0 Å². The molecule has 2 rings (SSSR count). The maximum Gasteiger partial charge on any atom is 0.439 e. The van der Waals surface area contributed by atoms with Crippen molar-refractivity contribution in [3.05, 3.63) is 23.1 Å². The molecule has 0 aliphatic rings. The topological polar surface area (TPSA) is 80.4 Å². The summed E-state index contributed by atoms with van der Waals surface area (Å²) in [7, 11) is 0. The van der Waals surface area contributed by atoms with E-state index in [0.717, 1.165) is 10.7 Å². The first kappa shape index (κ1) is 12.3. The van der Waals surface area contributed by atoms with Crippen LogP contribution in [0.15, 0.2) is 6.20 Å². The van der Waals surface area contributed by atoms with E-state index in [1.54, 1.807) is 6.92 Å². The standard InChI is InChI=1S/C9H7F3N4O2/c1-2-5-4(8(17)18)3-13-7-6(9(10,11)12)14-15-16(5)7/h3H,2H2,1H3,(H,17,18). The van der Waals surface area contributed by atoms with Crippen LogP contribution in [0.2, 0.25) is 0 Å². The van der Waals surface area contributed by atoms with E-state index >= 15 is 0 Å². The molecule has 96 valence electrons. The van der Waals surface area contributed by atoms with Gasteiger partial charge < -0.3 is 5.11 Å². The maximum absolute atomic E-state index is 12.6. The molecule has 18 heavy (non-hydrogen) atoms. The normalized spacial score (nSPS) is 12.0. The molecule has 2 aromatic heterocycles. The lowest BCUT2D eigenvalue weighted by Crippen LogP contribution is -2.11. The molecule has 0 saturated carbocycles. The highest BCUT2D eigenvalue weighted by molar-refractivity contribution is 5.88. The van der Waals surface area contributed by atoms with Crippen molar-refractivity contribution in [3.63, 3.8) is 0 Å². The van der Waals surface area contributed by atoms with Crippen LogP contribution in [0.4, 0.5) is 13.2 Å². The quantitative estimate of drug-likeness (QED) is 0.882. The summed E-state index contributed by atoms with van der Waals surface area (Å²) in [6, 6.07) is 0. The van der Waals surface area contributed by atoms with Crippen molar-refractivity contribution in [1.29, 1.82) is 0 Å². The molecule has 2 aromatic rings. The van der Waals surface area contributed by atoms with Gasteiger partial charge in [-0.25, -0.2) is 9.78 Å². The summed E-state index contributed by atoms with van der Waals surface area (Å²) in [6.45, 7) is 1.61. The molecule has 0 saturated heterocycles. The first-order valence-corrected chi connectivity index (χ1v) is 4.90. The third kappa shape index (κ3) is 1.77. The molecule has 0 unspecified atom stereocenters. The highest BCUT2D eigenvalue weighted by Crippen LogP contribution is 2.30. The lowest BCUT2D eigenvalue weighted by Gasteiger charge is -2.06. The molecular formula is C9H7F3N4O2. The zero-order chi connectivity index (χ0) is 13.5. The highest BCUT2D eigenvalue weighted by Gasteiger charge is 2.38. The molecule has 0 aromatic carbocycles. The van der Waals surface area contributed by atoms with Gasteiger partial charge in [0.1, 0.15) is 0 Å². The minimum absolute atomic E-state index is 0.121. The summed E-state index contributed by atoms with van der Waals surface area (Å²) in [6.07, 6.45) is -3.60. The van der Waals surface area contributed by atoms with Crippen LogP contribution in [0.25, 0.3) is 5.65 Å². The van der Waals surface area contributed by atoms with Gasteiger partial charge in [0.15, 0.2) is 5.65 Å². The molecule has 0 aliphatic carbocycles. The minimum Gasteiger partial charge on any atom is -0.478 e. The third-order valence-electron chi connectivity index (χ3n) is 2.36. The summed E-state index contributed by atoms with van der Waals surface area (Å²) >= 11 is 0. The molecule has 1 N–H and O–H groups in total. The predicted octanol–water partition coefficient (Wildman–Crippen LogP) is 1.40. The molecule has 0 bridgehead atoms. The van der Waals surface area contributed by atoms with Crippen LogP contribution in [-0.2, 0) is 12.6 Å². The average Bonchev–Trinajstić information content (AvgIpc) is 2.70. The van der Waals surface area contributed by atoms with E-state index in [4.69, 9.17) is 5.11 Å². The van der Waals surface area contributed by atoms with Gasteiger partial charge in [0.2, 0.25) is 5.69 Å². The Kier molecular flexibility index (Phi) is 2.68. The highest BCUT2D eigenvalue weighted by atomic mass is 19.4. The van der Waals surface area contributed by atoms with Gasteiger partial charge in [-0.05, 0) is 6.42 Å². The van der Waals surface area contributed by atoms with Crippen LogP contribution in [0.5, 0.6) is 0 Å². The summed E-state index contributed by atoms with van der Waals surface area (Å²) in [5, 5.41) is 15.2. The zero-order valence-corrected chi connectivity index (χ0v) is 9.06. The Hall–Kier alpha value is -2.19. The van der Waals surface area contributed by atoms with E-state index < -0.39 is 23.5 Å². The number of alkyl halides is 3. The Bertz CT molecular complexity index is 620. The number of carboxylic acids is 1. The zero-order valence-electron chi connectivity index (χ0n) is 9.06. The van der Waals surface area contributed by atoms with Gasteiger partial charge in [-0.3, -0.25) is 0 Å². The third-order valence-corrected chi connectivity index (χ3v) is 2.36. The van der Waals surface area contributed by atoms with Crippen LogP contribution in [-0.4, -0.2) is 30.9 Å². The van der Waals surface area contributed by atoms with Crippen molar-refractivity contribution in [3.8, 4) is 0 Å². The van der Waals surface area contributed by atoms with Gasteiger partial charge in [-0.1, -0.05) is 12.1 Å². The van der Waals surface area contributed by atoms with Crippen molar-refractivity contribution in [2.75, 3.05) is 0 Å². The van der Waals surface area contributed by atoms with Gasteiger partial charge in [0.05, 0.1) is 11.3 Å². The lowest BCUT2D eigenvalue weighted by molar-refractivity contribution is -0.140. The van der Waals surface area contributed by atoms with E-state index in [0.29, 0.717) is 0 Å². The molecule has 2 heterocycles. The Morgan fingerprint density at radius 3 is 2.67 bits per heavy atom. The molecule has 9 heteroatoms. The number of aromatic nitrogens is 4. The molecule has 0 amide bonds. The molecule has 0 atom stereocenters. The number of hydrogen-bond donors (Lipinski definition) is 1. The number of nitrogens with zero attached hydrogens (tertiary/aromatic N) is 4. The smallest absolute Gasteiger partial charge is 0.439 e. The van der Waals surface area contributed by atoms with Crippen molar-refractivity contribution >= 4 is 11.6 Å². The summed E-state index contributed by atoms with van der Waals surface area (Å²) in [5.41, 5.74) is -1.79. The average molecular weight is 260 g/mol. The molecular weight excluding hydrogens is 253 g/mol. The lowest BCUT2D eigenvalue weighted by atomic mass is 10.2. The fourth-order valence-electron chi connectivity index (χ4n) is 1.59. The van der Waals surface area contributed by atoms with Crippen LogP contribution < -0.4 is 0 Å². The second-order valence-electron chi connectivity index (χ2n) is 3.45. The van der Waals surface area contributed by atoms with Gasteiger partial charge in [-0.15, -0.1) is 5.10 Å². The SMILES string of the molecule is CCc1c(C(=O)O)cnc2c(C(F)(F)F)nnn12.